The van der Waals surface area contributed by atoms with Crippen molar-refractivity contribution >= 4 is 5.91 Å². The predicted octanol–water partition coefficient (Wildman–Crippen LogP) is 1.16. The van der Waals surface area contributed by atoms with Crippen LogP contribution in [0.5, 0.6) is 0 Å². The molecule has 2 heterocycles. The second kappa shape index (κ2) is 5.36. The van der Waals surface area contributed by atoms with Crippen molar-refractivity contribution in [2.45, 2.75) is 50.7 Å². The van der Waals surface area contributed by atoms with Crippen molar-refractivity contribution in [1.29, 1.82) is 0 Å². The van der Waals surface area contributed by atoms with Crippen molar-refractivity contribution in [1.82, 2.24) is 10.2 Å². The SMILES string of the molecule is COC1CCCN(C(=O)C2(C)CCCCN2)C1. The molecule has 2 fully saturated rings. The Balaban J connectivity index is 1.98. The van der Waals surface area contributed by atoms with E-state index in [1.54, 1.807) is 7.11 Å². The second-order valence-electron chi connectivity index (χ2n) is 5.47. The Hall–Kier alpha value is -0.610. The number of piperidine rings is 2. The van der Waals surface area contributed by atoms with Gasteiger partial charge >= 0.3 is 0 Å². The molecule has 0 aromatic heterocycles. The minimum atomic E-state index is -0.339. The monoisotopic (exact) mass is 240 g/mol. The molecule has 2 aliphatic heterocycles. The van der Waals surface area contributed by atoms with Crippen LogP contribution in [0.4, 0.5) is 0 Å². The van der Waals surface area contributed by atoms with E-state index < -0.39 is 0 Å². The van der Waals surface area contributed by atoms with E-state index in [1.807, 2.05) is 11.8 Å². The van der Waals surface area contributed by atoms with Gasteiger partial charge in [0.1, 0.15) is 0 Å². The Morgan fingerprint density at radius 2 is 2.24 bits per heavy atom. The zero-order valence-corrected chi connectivity index (χ0v) is 11.0. The number of carbonyl (C=O) groups excluding carboxylic acids is 1. The van der Waals surface area contributed by atoms with Gasteiger partial charge < -0.3 is 15.0 Å². The van der Waals surface area contributed by atoms with Crippen molar-refractivity contribution in [2.24, 2.45) is 0 Å². The Morgan fingerprint density at radius 1 is 1.41 bits per heavy atom. The summed E-state index contributed by atoms with van der Waals surface area (Å²) < 4.78 is 5.38. The van der Waals surface area contributed by atoms with Gasteiger partial charge in [-0.2, -0.15) is 0 Å². The molecule has 0 bridgehead atoms. The average Bonchev–Trinajstić information content (AvgIpc) is 2.39. The zero-order chi connectivity index (χ0) is 12.3. The van der Waals surface area contributed by atoms with Crippen LogP contribution in [0.15, 0.2) is 0 Å². The number of nitrogens with zero attached hydrogens (tertiary/aromatic N) is 1. The van der Waals surface area contributed by atoms with Gasteiger partial charge in [0.05, 0.1) is 11.6 Å². The summed E-state index contributed by atoms with van der Waals surface area (Å²) in [6, 6.07) is 0. The topological polar surface area (TPSA) is 41.6 Å². The number of hydrogen-bond acceptors (Lipinski definition) is 3. The molecule has 2 unspecified atom stereocenters. The van der Waals surface area contributed by atoms with Crippen LogP contribution in [0.2, 0.25) is 0 Å². The highest BCUT2D eigenvalue weighted by molar-refractivity contribution is 5.86. The van der Waals surface area contributed by atoms with Crippen molar-refractivity contribution in [2.75, 3.05) is 26.7 Å². The first-order chi connectivity index (χ1) is 8.15. The molecule has 4 heteroatoms. The van der Waals surface area contributed by atoms with Gasteiger partial charge in [-0.3, -0.25) is 4.79 Å². The maximum Gasteiger partial charge on any atom is 0.242 e. The summed E-state index contributed by atoms with van der Waals surface area (Å²) in [5.74, 6) is 0.263. The molecule has 4 nitrogen and oxygen atoms in total. The Bertz CT molecular complexity index is 275. The van der Waals surface area contributed by atoms with E-state index >= 15 is 0 Å². The molecule has 2 saturated heterocycles. The first-order valence-corrected chi connectivity index (χ1v) is 6.73. The lowest BCUT2D eigenvalue weighted by Crippen LogP contribution is -2.60. The van der Waals surface area contributed by atoms with Crippen LogP contribution in [-0.2, 0) is 9.53 Å². The van der Waals surface area contributed by atoms with E-state index in [0.29, 0.717) is 0 Å². The normalized spacial score (nSPS) is 34.7. The number of rotatable bonds is 2. The minimum Gasteiger partial charge on any atom is -0.380 e. The summed E-state index contributed by atoms with van der Waals surface area (Å²) in [6.45, 7) is 4.65. The largest absolute Gasteiger partial charge is 0.380 e. The molecule has 2 atom stereocenters. The quantitative estimate of drug-likeness (QED) is 0.787. The van der Waals surface area contributed by atoms with Crippen LogP contribution in [0.3, 0.4) is 0 Å². The summed E-state index contributed by atoms with van der Waals surface area (Å²) in [5, 5.41) is 3.39. The molecular weight excluding hydrogens is 216 g/mol. The number of nitrogens with one attached hydrogen (secondary N) is 1. The average molecular weight is 240 g/mol. The summed E-state index contributed by atoms with van der Waals surface area (Å²) in [7, 11) is 1.74. The number of hydrogen-bond donors (Lipinski definition) is 1. The molecule has 0 aromatic rings. The van der Waals surface area contributed by atoms with Crippen LogP contribution < -0.4 is 5.32 Å². The highest BCUT2D eigenvalue weighted by atomic mass is 16.5. The van der Waals surface area contributed by atoms with Crippen molar-refractivity contribution in [3.05, 3.63) is 0 Å². The third-order valence-corrected chi connectivity index (χ3v) is 4.09. The van der Waals surface area contributed by atoms with Gasteiger partial charge in [0, 0.05) is 20.2 Å². The zero-order valence-electron chi connectivity index (χ0n) is 11.0. The highest BCUT2D eigenvalue weighted by Gasteiger charge is 2.38. The first-order valence-electron chi connectivity index (χ1n) is 6.73. The standard InChI is InChI=1S/C13H24N2O2/c1-13(7-3-4-8-14-13)12(16)15-9-5-6-11(10-15)17-2/h11,14H,3-10H2,1-2H3. The van der Waals surface area contributed by atoms with Crippen LogP contribution >= 0.6 is 0 Å². The predicted molar refractivity (Wildman–Crippen MR) is 66.9 cm³/mol. The van der Waals surface area contributed by atoms with Crippen LogP contribution in [0.1, 0.15) is 39.0 Å². The van der Waals surface area contributed by atoms with Crippen molar-refractivity contribution in [3.8, 4) is 0 Å². The fraction of sp³-hybridized carbons (Fsp3) is 0.923. The van der Waals surface area contributed by atoms with Crippen LogP contribution in [0.25, 0.3) is 0 Å². The number of likely N-dealkylation sites (tertiary alicyclic amines) is 1. The fourth-order valence-corrected chi connectivity index (χ4v) is 2.90. The number of methoxy groups -OCH3 is 1. The van der Waals surface area contributed by atoms with Crippen LogP contribution in [0, 0.1) is 0 Å². The Labute approximate surface area is 104 Å². The first kappa shape index (κ1) is 12.8. The fourth-order valence-electron chi connectivity index (χ4n) is 2.90. The molecule has 17 heavy (non-hydrogen) atoms. The lowest BCUT2D eigenvalue weighted by molar-refractivity contribution is -0.142. The lowest BCUT2D eigenvalue weighted by atomic mass is 9.88. The molecule has 2 aliphatic rings. The summed E-state index contributed by atoms with van der Waals surface area (Å²) in [6.07, 6.45) is 5.64. The maximum atomic E-state index is 12.5. The van der Waals surface area contributed by atoms with Gasteiger partial charge in [0.15, 0.2) is 0 Å². The Morgan fingerprint density at radius 3 is 2.88 bits per heavy atom. The van der Waals surface area contributed by atoms with E-state index in [1.165, 1.54) is 6.42 Å². The van der Waals surface area contributed by atoms with Gasteiger partial charge in [0.25, 0.3) is 0 Å². The second-order valence-corrected chi connectivity index (χ2v) is 5.47. The molecule has 1 amide bonds. The molecule has 0 radical (unpaired) electrons. The number of amides is 1. The third kappa shape index (κ3) is 2.80. The van der Waals surface area contributed by atoms with Crippen LogP contribution in [-0.4, -0.2) is 49.2 Å². The molecule has 0 aromatic carbocycles. The summed E-state index contributed by atoms with van der Waals surface area (Å²) >= 11 is 0. The smallest absolute Gasteiger partial charge is 0.242 e. The molecule has 0 aliphatic carbocycles. The van der Waals surface area contributed by atoms with Gasteiger partial charge in [-0.1, -0.05) is 0 Å². The number of carbonyl (C=O) groups is 1. The number of ether oxygens (including phenoxy) is 1. The molecule has 0 saturated carbocycles. The molecule has 2 rings (SSSR count). The van der Waals surface area contributed by atoms with E-state index in [2.05, 4.69) is 5.32 Å². The van der Waals surface area contributed by atoms with E-state index in [9.17, 15) is 4.79 Å². The van der Waals surface area contributed by atoms with Gasteiger partial charge in [0.2, 0.25) is 5.91 Å². The van der Waals surface area contributed by atoms with Gasteiger partial charge in [-0.15, -0.1) is 0 Å². The summed E-state index contributed by atoms with van der Waals surface area (Å²) in [4.78, 5) is 14.5. The highest BCUT2D eigenvalue weighted by Crippen LogP contribution is 2.23. The van der Waals surface area contributed by atoms with Gasteiger partial charge in [-0.05, 0) is 45.6 Å². The summed E-state index contributed by atoms with van der Waals surface area (Å²) in [5.41, 5.74) is -0.339. The molecule has 1 N–H and O–H groups in total. The lowest BCUT2D eigenvalue weighted by Gasteiger charge is -2.40. The van der Waals surface area contributed by atoms with E-state index in [-0.39, 0.29) is 17.6 Å². The minimum absolute atomic E-state index is 0.222. The van der Waals surface area contributed by atoms with E-state index in [4.69, 9.17) is 4.74 Å². The van der Waals surface area contributed by atoms with E-state index in [0.717, 1.165) is 45.3 Å². The maximum absolute atomic E-state index is 12.5. The molecular formula is C13H24N2O2. The third-order valence-electron chi connectivity index (χ3n) is 4.09. The van der Waals surface area contributed by atoms with Gasteiger partial charge in [-0.25, -0.2) is 0 Å². The van der Waals surface area contributed by atoms with Crippen molar-refractivity contribution in [3.63, 3.8) is 0 Å². The van der Waals surface area contributed by atoms with Crippen molar-refractivity contribution < 1.29 is 9.53 Å². The Kier molecular flexibility index (Phi) is 4.05. The molecule has 98 valence electrons. The molecule has 0 spiro atoms.